The first-order chi connectivity index (χ1) is 17.3. The number of benzene rings is 2. The van der Waals surface area contributed by atoms with Crippen molar-refractivity contribution in [2.75, 3.05) is 32.0 Å². The fourth-order valence-electron chi connectivity index (χ4n) is 2.85. The molecule has 2 aromatic heterocycles. The molecule has 0 saturated heterocycles. The largest absolute Gasteiger partial charge is 0.493 e. The van der Waals surface area contributed by atoms with E-state index in [0.29, 0.717) is 42.3 Å². The van der Waals surface area contributed by atoms with Gasteiger partial charge in [0.25, 0.3) is 20.2 Å². The number of hydrogen-bond donors (Lipinski definition) is 3. The highest BCUT2D eigenvalue weighted by molar-refractivity contribution is 7.85. The molecule has 15 heteroatoms. The van der Waals surface area contributed by atoms with Crippen molar-refractivity contribution < 1.29 is 35.4 Å². The van der Waals surface area contributed by atoms with Gasteiger partial charge in [0.2, 0.25) is 5.95 Å². The van der Waals surface area contributed by atoms with Crippen molar-refractivity contribution in [1.29, 1.82) is 0 Å². The summed E-state index contributed by atoms with van der Waals surface area (Å²) in [5.41, 5.74) is 1.91. The third-order valence-corrected chi connectivity index (χ3v) is 4.23. The van der Waals surface area contributed by atoms with E-state index in [0.717, 1.165) is 16.5 Å². The lowest BCUT2D eigenvalue weighted by Gasteiger charge is -2.14. The second-order valence-corrected chi connectivity index (χ2v) is 10.3. The number of hydrogen-bond acceptors (Lipinski definition) is 10. The van der Waals surface area contributed by atoms with E-state index >= 15 is 0 Å². The van der Waals surface area contributed by atoms with Crippen LogP contribution in [0.2, 0.25) is 0 Å². The van der Waals surface area contributed by atoms with Gasteiger partial charge in [-0.1, -0.05) is 30.3 Å². The summed E-state index contributed by atoms with van der Waals surface area (Å²) in [6.07, 6.45) is 6.60. The molecule has 2 aromatic carbocycles. The molecule has 0 unspecified atom stereocenters. The number of fused-ring (bicyclic) bond motifs is 1. The molecule has 0 aliphatic rings. The molecule has 2 heterocycles. The van der Waals surface area contributed by atoms with Crippen LogP contribution in [-0.2, 0) is 26.8 Å². The molecular weight excluding hydrogens is 526 g/mol. The number of nitrogens with zero attached hydrogens (tertiary/aromatic N) is 4. The van der Waals surface area contributed by atoms with Crippen molar-refractivity contribution in [3.05, 3.63) is 66.7 Å². The molecule has 0 saturated carbocycles. The second-order valence-electron chi connectivity index (χ2n) is 7.37. The summed E-state index contributed by atoms with van der Waals surface area (Å²) in [5, 5.41) is 4.27. The monoisotopic (exact) mass is 553 g/mol. The van der Waals surface area contributed by atoms with Gasteiger partial charge in [0.05, 0.1) is 32.2 Å². The molecular formula is C22H27N5O8S2. The molecule has 0 aliphatic carbocycles. The highest BCUT2D eigenvalue weighted by Crippen LogP contribution is 2.34. The van der Waals surface area contributed by atoms with E-state index in [-0.39, 0.29) is 0 Å². The van der Waals surface area contributed by atoms with Gasteiger partial charge in [0.15, 0.2) is 11.5 Å². The Morgan fingerprint density at radius 2 is 1.49 bits per heavy atom. The summed E-state index contributed by atoms with van der Waals surface area (Å²) >= 11 is 0. The molecule has 0 bridgehead atoms. The summed E-state index contributed by atoms with van der Waals surface area (Å²) in [5.74, 6) is 2.50. The zero-order valence-corrected chi connectivity index (χ0v) is 22.1. The third kappa shape index (κ3) is 10.8. The maximum Gasteiger partial charge on any atom is 0.261 e. The SMILES string of the molecule is COc1cc2nc(-n3ccnc3)nc(NCc3ccccc3)c2cc1OC.CS(=O)(=O)O.CS(=O)(=O)O. The van der Waals surface area contributed by atoms with Crippen LogP contribution in [-0.4, -0.2) is 72.2 Å². The highest BCUT2D eigenvalue weighted by atomic mass is 32.2. The minimum atomic E-state index is -3.67. The van der Waals surface area contributed by atoms with E-state index in [4.69, 9.17) is 23.6 Å². The predicted molar refractivity (Wildman–Crippen MR) is 138 cm³/mol. The van der Waals surface area contributed by atoms with E-state index in [1.165, 1.54) is 0 Å². The van der Waals surface area contributed by atoms with Crippen molar-refractivity contribution in [1.82, 2.24) is 19.5 Å². The van der Waals surface area contributed by atoms with Crippen LogP contribution in [0.15, 0.2) is 61.2 Å². The van der Waals surface area contributed by atoms with Gasteiger partial charge in [0.1, 0.15) is 12.1 Å². The van der Waals surface area contributed by atoms with Crippen LogP contribution in [0, 0.1) is 0 Å². The maximum absolute atomic E-state index is 9.19. The van der Waals surface area contributed by atoms with E-state index in [1.54, 1.807) is 31.3 Å². The van der Waals surface area contributed by atoms with Crippen molar-refractivity contribution >= 4 is 37.0 Å². The predicted octanol–water partition coefficient (Wildman–Crippen LogP) is 2.45. The van der Waals surface area contributed by atoms with Crippen LogP contribution in [0.1, 0.15) is 5.56 Å². The van der Waals surface area contributed by atoms with Gasteiger partial charge in [-0.2, -0.15) is 21.8 Å². The second kappa shape index (κ2) is 13.0. The summed E-state index contributed by atoms with van der Waals surface area (Å²) < 4.78 is 64.4. The van der Waals surface area contributed by atoms with Gasteiger partial charge in [0, 0.05) is 30.4 Å². The average Bonchev–Trinajstić information content (AvgIpc) is 3.35. The minimum Gasteiger partial charge on any atom is -0.493 e. The molecule has 13 nitrogen and oxygen atoms in total. The van der Waals surface area contributed by atoms with Crippen LogP contribution >= 0.6 is 0 Å². The van der Waals surface area contributed by atoms with Gasteiger partial charge >= 0.3 is 0 Å². The Labute approximate surface area is 214 Å². The number of aromatic nitrogens is 4. The number of methoxy groups -OCH3 is 2. The molecule has 4 aromatic rings. The molecule has 4 rings (SSSR count). The van der Waals surface area contributed by atoms with Gasteiger partial charge in [-0.3, -0.25) is 13.7 Å². The average molecular weight is 554 g/mol. The molecule has 200 valence electrons. The van der Waals surface area contributed by atoms with E-state index in [9.17, 15) is 16.8 Å². The maximum atomic E-state index is 9.19. The Hall–Kier alpha value is -3.79. The summed E-state index contributed by atoms with van der Waals surface area (Å²) in [6, 6.07) is 13.9. The number of nitrogens with one attached hydrogen (secondary N) is 1. The van der Waals surface area contributed by atoms with Crippen LogP contribution in [0.3, 0.4) is 0 Å². The molecule has 37 heavy (non-hydrogen) atoms. The van der Waals surface area contributed by atoms with Crippen molar-refractivity contribution in [2.45, 2.75) is 6.54 Å². The van der Waals surface area contributed by atoms with Gasteiger partial charge in [-0.25, -0.2) is 9.97 Å². The van der Waals surface area contributed by atoms with Crippen LogP contribution in [0.5, 0.6) is 11.5 Å². The molecule has 0 amide bonds. The minimum absolute atomic E-state index is 0.530. The Bertz CT molecular complexity index is 1470. The van der Waals surface area contributed by atoms with Gasteiger partial charge < -0.3 is 14.8 Å². The summed E-state index contributed by atoms with van der Waals surface area (Å²) in [7, 11) is -4.11. The molecule has 0 radical (unpaired) electrons. The van der Waals surface area contributed by atoms with Gasteiger partial charge in [-0.05, 0) is 11.6 Å². The van der Waals surface area contributed by atoms with Crippen LogP contribution in [0.25, 0.3) is 16.9 Å². The fourth-order valence-corrected chi connectivity index (χ4v) is 2.85. The molecule has 0 atom stereocenters. The number of imidazole rings is 1. The number of anilines is 1. The quantitative estimate of drug-likeness (QED) is 0.297. The molecule has 0 aliphatic heterocycles. The van der Waals surface area contributed by atoms with Crippen molar-refractivity contribution in [2.24, 2.45) is 0 Å². The first-order valence-corrected chi connectivity index (χ1v) is 14.0. The van der Waals surface area contributed by atoms with E-state index < -0.39 is 20.2 Å². The fraction of sp³-hybridized carbons (Fsp3) is 0.227. The topological polar surface area (TPSA) is 183 Å². The first-order valence-electron chi connectivity index (χ1n) is 10.3. The highest BCUT2D eigenvalue weighted by Gasteiger charge is 2.14. The number of ether oxygens (including phenoxy) is 2. The number of rotatable bonds is 6. The lowest BCUT2D eigenvalue weighted by molar-refractivity contribution is 0.356. The van der Waals surface area contributed by atoms with E-state index in [2.05, 4.69) is 27.4 Å². The van der Waals surface area contributed by atoms with Crippen molar-refractivity contribution in [3.8, 4) is 17.4 Å². The summed E-state index contributed by atoms with van der Waals surface area (Å²) in [6.45, 7) is 0.644. The van der Waals surface area contributed by atoms with Crippen LogP contribution < -0.4 is 14.8 Å². The molecule has 0 spiro atoms. The smallest absolute Gasteiger partial charge is 0.261 e. The van der Waals surface area contributed by atoms with E-state index in [1.807, 2.05) is 36.5 Å². The Morgan fingerprint density at radius 3 is 2.00 bits per heavy atom. The lowest BCUT2D eigenvalue weighted by atomic mass is 10.2. The Balaban J connectivity index is 0.000000412. The Morgan fingerprint density at radius 1 is 0.919 bits per heavy atom. The van der Waals surface area contributed by atoms with Crippen LogP contribution in [0.4, 0.5) is 5.82 Å². The van der Waals surface area contributed by atoms with Gasteiger partial charge in [-0.15, -0.1) is 0 Å². The lowest BCUT2D eigenvalue weighted by Crippen LogP contribution is -2.07. The zero-order chi connectivity index (χ0) is 27.6. The normalized spacial score (nSPS) is 11.0. The Kier molecular flexibility index (Phi) is 10.3. The standard InChI is InChI=1S/C20H19N5O2.2CH4O3S/c1-26-17-10-15-16(11-18(17)27-2)23-20(25-9-8-21-13-25)24-19(15)22-12-14-6-4-3-5-7-14;2*1-5(2,3)4/h3-11,13H,12H2,1-2H3,(H,22,23,24);2*1H3,(H,2,3,4). The molecule has 3 N–H and O–H groups in total. The third-order valence-electron chi connectivity index (χ3n) is 4.23. The summed E-state index contributed by atoms with van der Waals surface area (Å²) in [4.78, 5) is 13.4. The van der Waals surface area contributed by atoms with Crippen molar-refractivity contribution in [3.63, 3.8) is 0 Å². The molecule has 0 fully saturated rings. The zero-order valence-electron chi connectivity index (χ0n) is 20.4. The first kappa shape index (κ1) is 29.4.